The highest BCUT2D eigenvalue weighted by atomic mass is 35.5. The summed E-state index contributed by atoms with van der Waals surface area (Å²) in [6, 6.07) is 6.79. The molecule has 5 nitrogen and oxygen atoms in total. The molecule has 0 saturated heterocycles. The number of nitrogens with one attached hydrogen (secondary N) is 1. The average Bonchev–Trinajstić information content (AvgIpc) is 2.38. The molecule has 2 N–H and O–H groups in total. The predicted molar refractivity (Wildman–Crippen MR) is 72.5 cm³/mol. The van der Waals surface area contributed by atoms with Crippen LogP contribution in [0.4, 0.5) is 0 Å². The van der Waals surface area contributed by atoms with Crippen molar-refractivity contribution in [3.05, 3.63) is 45.5 Å². The minimum absolute atomic E-state index is 0.0757. The summed E-state index contributed by atoms with van der Waals surface area (Å²) in [6.45, 7) is 0.411. The molecular formula is C13H13ClN2O3. The normalized spacial score (nSPS) is 10.6. The highest BCUT2D eigenvalue weighted by molar-refractivity contribution is 6.33. The fourth-order valence-corrected chi connectivity index (χ4v) is 1.96. The Bertz CT molecular complexity index is 640. The van der Waals surface area contributed by atoms with E-state index in [9.17, 15) is 9.90 Å². The molecule has 2 rings (SSSR count). The maximum Gasteiger partial charge on any atom is 0.262 e. The standard InChI is InChI=1S/C13H13ClN2O3/c1-19-7-6-10-15-12(17)11(13(18)16-10)8-4-2-3-5-9(8)14/h2-5H,6-7H2,1H3,(H2,15,16,17,18). The van der Waals surface area contributed by atoms with E-state index in [1.165, 1.54) is 0 Å². The van der Waals surface area contributed by atoms with Crippen LogP contribution < -0.4 is 5.56 Å². The molecule has 0 saturated carbocycles. The number of hydrogen-bond donors (Lipinski definition) is 2. The van der Waals surface area contributed by atoms with E-state index in [2.05, 4.69) is 9.97 Å². The predicted octanol–water partition coefficient (Wildman–Crippen LogP) is 1.98. The van der Waals surface area contributed by atoms with Crippen molar-refractivity contribution >= 4 is 11.6 Å². The third-order valence-electron chi connectivity index (χ3n) is 2.64. The molecule has 6 heteroatoms. The van der Waals surface area contributed by atoms with Crippen molar-refractivity contribution in [3.63, 3.8) is 0 Å². The third kappa shape index (κ3) is 2.94. The molecule has 0 unspecified atom stereocenters. The van der Waals surface area contributed by atoms with Gasteiger partial charge in [0.2, 0.25) is 5.88 Å². The molecule has 100 valence electrons. The van der Waals surface area contributed by atoms with Gasteiger partial charge in [0.15, 0.2) is 0 Å². The first-order valence-corrected chi connectivity index (χ1v) is 6.07. The van der Waals surface area contributed by atoms with Gasteiger partial charge in [0, 0.05) is 24.1 Å². The van der Waals surface area contributed by atoms with Crippen LogP contribution in [0.3, 0.4) is 0 Å². The molecule has 19 heavy (non-hydrogen) atoms. The molecule has 0 aliphatic heterocycles. The fourth-order valence-electron chi connectivity index (χ4n) is 1.73. The number of aromatic hydroxyl groups is 1. The van der Waals surface area contributed by atoms with E-state index in [-0.39, 0.29) is 11.4 Å². The monoisotopic (exact) mass is 280 g/mol. The zero-order valence-electron chi connectivity index (χ0n) is 10.3. The molecule has 0 spiro atoms. The Morgan fingerprint density at radius 3 is 2.79 bits per heavy atom. The van der Waals surface area contributed by atoms with E-state index in [4.69, 9.17) is 16.3 Å². The first-order chi connectivity index (χ1) is 9.13. The zero-order chi connectivity index (χ0) is 13.8. The van der Waals surface area contributed by atoms with Gasteiger partial charge in [-0.15, -0.1) is 0 Å². The second-order valence-corrected chi connectivity index (χ2v) is 4.34. The van der Waals surface area contributed by atoms with Gasteiger partial charge in [0.25, 0.3) is 5.56 Å². The lowest BCUT2D eigenvalue weighted by molar-refractivity contribution is 0.200. The van der Waals surface area contributed by atoms with E-state index < -0.39 is 5.56 Å². The topological polar surface area (TPSA) is 75.2 Å². The number of hydrogen-bond acceptors (Lipinski definition) is 4. The maximum absolute atomic E-state index is 12.0. The van der Waals surface area contributed by atoms with Crippen molar-refractivity contribution in [2.24, 2.45) is 0 Å². The molecule has 0 radical (unpaired) electrons. The van der Waals surface area contributed by atoms with E-state index in [0.717, 1.165) is 0 Å². The lowest BCUT2D eigenvalue weighted by Gasteiger charge is -2.07. The van der Waals surface area contributed by atoms with Crippen molar-refractivity contribution in [3.8, 4) is 17.0 Å². The molecule has 0 atom stereocenters. The Hall–Kier alpha value is -1.85. The second kappa shape index (κ2) is 5.86. The average molecular weight is 281 g/mol. The van der Waals surface area contributed by atoms with E-state index in [1.807, 2.05) is 0 Å². The highest BCUT2D eigenvalue weighted by Crippen LogP contribution is 2.29. The molecule has 0 bridgehead atoms. The van der Waals surface area contributed by atoms with Crippen LogP contribution in [0.5, 0.6) is 5.88 Å². The lowest BCUT2D eigenvalue weighted by atomic mass is 10.1. The molecule has 1 heterocycles. The van der Waals surface area contributed by atoms with Gasteiger partial charge in [-0.3, -0.25) is 4.79 Å². The number of aromatic nitrogens is 2. The third-order valence-corrected chi connectivity index (χ3v) is 2.97. The summed E-state index contributed by atoms with van der Waals surface area (Å²) in [5.74, 6) is 0.0445. The van der Waals surface area contributed by atoms with Gasteiger partial charge in [-0.2, -0.15) is 4.98 Å². The number of benzene rings is 1. The van der Waals surface area contributed by atoms with Gasteiger partial charge >= 0.3 is 0 Å². The lowest BCUT2D eigenvalue weighted by Crippen LogP contribution is -2.15. The van der Waals surface area contributed by atoms with Crippen LogP contribution in [-0.4, -0.2) is 28.8 Å². The summed E-state index contributed by atoms with van der Waals surface area (Å²) in [4.78, 5) is 18.6. The van der Waals surface area contributed by atoms with Crippen LogP contribution >= 0.6 is 11.6 Å². The Morgan fingerprint density at radius 2 is 2.16 bits per heavy atom. The fraction of sp³-hybridized carbons (Fsp3) is 0.231. The summed E-state index contributed by atoms with van der Waals surface area (Å²) in [5.41, 5.74) is 0.104. The number of rotatable bonds is 4. The summed E-state index contributed by atoms with van der Waals surface area (Å²) >= 11 is 6.01. The van der Waals surface area contributed by atoms with Gasteiger partial charge in [0.05, 0.1) is 6.61 Å². The molecule has 0 aliphatic rings. The number of H-pyrrole nitrogens is 1. The summed E-state index contributed by atoms with van der Waals surface area (Å²) in [7, 11) is 1.55. The Labute approximate surface area is 114 Å². The molecule has 0 aliphatic carbocycles. The van der Waals surface area contributed by atoms with Crippen molar-refractivity contribution in [1.29, 1.82) is 0 Å². The van der Waals surface area contributed by atoms with Crippen molar-refractivity contribution in [1.82, 2.24) is 9.97 Å². The Kier molecular flexibility index (Phi) is 4.19. The van der Waals surface area contributed by atoms with Gasteiger partial charge < -0.3 is 14.8 Å². The van der Waals surface area contributed by atoms with Crippen molar-refractivity contribution in [2.45, 2.75) is 6.42 Å². The van der Waals surface area contributed by atoms with Crippen LogP contribution in [0, 0.1) is 0 Å². The number of halogens is 1. The van der Waals surface area contributed by atoms with Gasteiger partial charge in [0.1, 0.15) is 11.4 Å². The zero-order valence-corrected chi connectivity index (χ0v) is 11.1. The van der Waals surface area contributed by atoms with Crippen LogP contribution in [0.15, 0.2) is 29.1 Å². The van der Waals surface area contributed by atoms with Crippen molar-refractivity contribution < 1.29 is 9.84 Å². The van der Waals surface area contributed by atoms with E-state index in [0.29, 0.717) is 29.4 Å². The summed E-state index contributed by atoms with van der Waals surface area (Å²) in [6.07, 6.45) is 0.419. The van der Waals surface area contributed by atoms with E-state index in [1.54, 1.807) is 31.4 Å². The number of ether oxygens (including phenoxy) is 1. The highest BCUT2D eigenvalue weighted by Gasteiger charge is 2.15. The molecule has 1 aromatic carbocycles. The van der Waals surface area contributed by atoms with Gasteiger partial charge in [-0.25, -0.2) is 0 Å². The molecule has 0 amide bonds. The van der Waals surface area contributed by atoms with Crippen molar-refractivity contribution in [2.75, 3.05) is 13.7 Å². The number of aromatic amines is 1. The number of nitrogens with zero attached hydrogens (tertiary/aromatic N) is 1. The summed E-state index contributed by atoms with van der Waals surface area (Å²) in [5, 5.41) is 10.3. The van der Waals surface area contributed by atoms with Crippen LogP contribution in [-0.2, 0) is 11.2 Å². The SMILES string of the molecule is COCCc1nc(O)c(-c2ccccc2Cl)c(=O)[nH]1. The minimum atomic E-state index is -0.424. The Balaban J connectivity index is 2.49. The van der Waals surface area contributed by atoms with Gasteiger partial charge in [-0.1, -0.05) is 29.8 Å². The summed E-state index contributed by atoms with van der Waals surface area (Å²) < 4.78 is 4.89. The quantitative estimate of drug-likeness (QED) is 0.898. The molecule has 2 aromatic rings. The number of methoxy groups -OCH3 is 1. The first kappa shape index (κ1) is 13.6. The maximum atomic E-state index is 12.0. The Morgan fingerprint density at radius 1 is 1.42 bits per heavy atom. The largest absolute Gasteiger partial charge is 0.493 e. The van der Waals surface area contributed by atoms with E-state index >= 15 is 0 Å². The minimum Gasteiger partial charge on any atom is -0.493 e. The molecule has 1 aromatic heterocycles. The molecule has 0 fully saturated rings. The van der Waals surface area contributed by atoms with Crippen LogP contribution in [0.25, 0.3) is 11.1 Å². The second-order valence-electron chi connectivity index (χ2n) is 3.93. The van der Waals surface area contributed by atoms with Gasteiger partial charge in [-0.05, 0) is 6.07 Å². The van der Waals surface area contributed by atoms with Crippen LogP contribution in [0.1, 0.15) is 5.82 Å². The molecular weight excluding hydrogens is 268 g/mol. The smallest absolute Gasteiger partial charge is 0.262 e. The van der Waals surface area contributed by atoms with Crippen LogP contribution in [0.2, 0.25) is 5.02 Å². The first-order valence-electron chi connectivity index (χ1n) is 5.69.